The van der Waals surface area contributed by atoms with E-state index in [-0.39, 0.29) is 0 Å². The fourth-order valence-corrected chi connectivity index (χ4v) is 2.35. The van der Waals surface area contributed by atoms with Crippen molar-refractivity contribution in [1.29, 1.82) is 0 Å². The monoisotopic (exact) mass is 196 g/mol. The van der Waals surface area contributed by atoms with Gasteiger partial charge in [-0.1, -0.05) is 46.0 Å². The van der Waals surface area contributed by atoms with Crippen LogP contribution in [0.3, 0.4) is 0 Å². The van der Waals surface area contributed by atoms with E-state index < -0.39 is 0 Å². The molecule has 0 amide bonds. The Morgan fingerprint density at radius 1 is 1.07 bits per heavy atom. The molecule has 1 aliphatic rings. The zero-order chi connectivity index (χ0) is 10.4. The lowest BCUT2D eigenvalue weighted by atomic mass is 9.85. The number of Topliss-reactive ketones (excluding diaryl/α,β-unsaturated/α-hetero) is 1. The van der Waals surface area contributed by atoms with Crippen molar-refractivity contribution in [3.8, 4) is 0 Å². The highest BCUT2D eigenvalue weighted by Crippen LogP contribution is 2.24. The first-order valence-corrected chi connectivity index (χ1v) is 6.23. The minimum Gasteiger partial charge on any atom is -0.299 e. The van der Waals surface area contributed by atoms with Crippen LogP contribution >= 0.6 is 0 Å². The fraction of sp³-hybridized carbons (Fsp3) is 0.923. The van der Waals surface area contributed by atoms with E-state index in [2.05, 4.69) is 13.8 Å². The molecule has 0 radical (unpaired) electrons. The van der Waals surface area contributed by atoms with Gasteiger partial charge in [0, 0.05) is 12.3 Å². The molecule has 0 saturated heterocycles. The molecule has 0 spiro atoms. The number of hydrogen-bond acceptors (Lipinski definition) is 1. The molecule has 0 aromatic rings. The Bertz CT molecular complexity index is 164. The first-order chi connectivity index (χ1) is 6.70. The van der Waals surface area contributed by atoms with Crippen LogP contribution in [-0.4, -0.2) is 5.78 Å². The average Bonchev–Trinajstić information content (AvgIpc) is 2.00. The van der Waals surface area contributed by atoms with E-state index in [0.717, 1.165) is 19.3 Å². The van der Waals surface area contributed by atoms with Crippen LogP contribution in [0.25, 0.3) is 0 Å². The van der Waals surface area contributed by atoms with Gasteiger partial charge in [0.1, 0.15) is 5.78 Å². The van der Waals surface area contributed by atoms with E-state index in [1.54, 1.807) is 0 Å². The molecule has 0 aromatic carbocycles. The highest BCUT2D eigenvalue weighted by Gasteiger charge is 2.19. The van der Waals surface area contributed by atoms with Gasteiger partial charge in [-0.2, -0.15) is 0 Å². The molecule has 14 heavy (non-hydrogen) atoms. The maximum absolute atomic E-state index is 11.9. The van der Waals surface area contributed by atoms with Crippen molar-refractivity contribution >= 4 is 5.78 Å². The third kappa shape index (κ3) is 4.26. The maximum Gasteiger partial charge on any atom is 0.136 e. The van der Waals surface area contributed by atoms with Crippen LogP contribution < -0.4 is 0 Å². The average molecular weight is 196 g/mol. The smallest absolute Gasteiger partial charge is 0.136 e. The van der Waals surface area contributed by atoms with Gasteiger partial charge in [0.15, 0.2) is 0 Å². The van der Waals surface area contributed by atoms with Gasteiger partial charge >= 0.3 is 0 Å². The summed E-state index contributed by atoms with van der Waals surface area (Å²) in [7, 11) is 0. The zero-order valence-electron chi connectivity index (χ0n) is 9.72. The molecule has 1 nitrogen and oxygen atoms in total. The lowest BCUT2D eigenvalue weighted by molar-refractivity contribution is -0.124. The van der Waals surface area contributed by atoms with Crippen molar-refractivity contribution in [1.82, 2.24) is 0 Å². The summed E-state index contributed by atoms with van der Waals surface area (Å²) in [5.74, 6) is 1.47. The number of hydrogen-bond donors (Lipinski definition) is 0. The number of rotatable bonds is 3. The summed E-state index contributed by atoms with van der Waals surface area (Å²) in [4.78, 5) is 11.9. The number of carbonyl (C=O) groups excluding carboxylic acids is 1. The minimum atomic E-state index is 0.401. The van der Waals surface area contributed by atoms with Crippen molar-refractivity contribution in [3.63, 3.8) is 0 Å². The van der Waals surface area contributed by atoms with Gasteiger partial charge in [-0.3, -0.25) is 4.79 Å². The van der Waals surface area contributed by atoms with Crippen LogP contribution in [0, 0.1) is 11.8 Å². The lowest BCUT2D eigenvalue weighted by Crippen LogP contribution is -2.17. The van der Waals surface area contributed by atoms with Crippen LogP contribution in [0.2, 0.25) is 0 Å². The summed E-state index contributed by atoms with van der Waals surface area (Å²) in [6.07, 6.45) is 9.72. The molecule has 1 aliphatic carbocycles. The quantitative estimate of drug-likeness (QED) is 0.667. The van der Waals surface area contributed by atoms with Gasteiger partial charge in [-0.25, -0.2) is 0 Å². The second-order valence-corrected chi connectivity index (χ2v) is 5.11. The molecule has 0 bridgehead atoms. The molecule has 1 fully saturated rings. The van der Waals surface area contributed by atoms with E-state index in [9.17, 15) is 4.79 Å². The Kier molecular flexibility index (Phi) is 5.21. The Balaban J connectivity index is 2.35. The molecule has 1 saturated carbocycles. The van der Waals surface area contributed by atoms with E-state index >= 15 is 0 Å². The largest absolute Gasteiger partial charge is 0.299 e. The summed E-state index contributed by atoms with van der Waals surface area (Å²) in [6.45, 7) is 4.28. The Morgan fingerprint density at radius 3 is 2.07 bits per heavy atom. The van der Waals surface area contributed by atoms with Crippen molar-refractivity contribution in [3.05, 3.63) is 0 Å². The lowest BCUT2D eigenvalue weighted by Gasteiger charge is -2.19. The van der Waals surface area contributed by atoms with Crippen molar-refractivity contribution in [2.75, 3.05) is 0 Å². The molecule has 0 atom stereocenters. The minimum absolute atomic E-state index is 0.401. The van der Waals surface area contributed by atoms with Gasteiger partial charge in [-0.05, 0) is 18.8 Å². The van der Waals surface area contributed by atoms with Crippen LogP contribution in [0.4, 0.5) is 0 Å². The topological polar surface area (TPSA) is 17.1 Å². The molecular weight excluding hydrogens is 172 g/mol. The van der Waals surface area contributed by atoms with E-state index in [1.165, 1.54) is 32.1 Å². The standard InChI is InChI=1S/C13H24O/c1-11(2)10-13(14)12-8-6-4-3-5-7-9-12/h11-12H,3-10H2,1-2H3. The third-order valence-corrected chi connectivity index (χ3v) is 3.17. The second kappa shape index (κ2) is 6.21. The predicted molar refractivity (Wildman–Crippen MR) is 60.3 cm³/mol. The first kappa shape index (κ1) is 11.7. The van der Waals surface area contributed by atoms with Gasteiger partial charge < -0.3 is 0 Å². The summed E-state index contributed by atoms with van der Waals surface area (Å²) in [5, 5.41) is 0. The first-order valence-electron chi connectivity index (χ1n) is 6.23. The Hall–Kier alpha value is -0.330. The second-order valence-electron chi connectivity index (χ2n) is 5.11. The van der Waals surface area contributed by atoms with Gasteiger partial charge in [0.25, 0.3) is 0 Å². The highest BCUT2D eigenvalue weighted by molar-refractivity contribution is 5.81. The Morgan fingerprint density at radius 2 is 1.57 bits per heavy atom. The predicted octanol–water partition coefficient (Wildman–Crippen LogP) is 3.96. The molecule has 0 heterocycles. The molecule has 1 rings (SSSR count). The number of carbonyl (C=O) groups is 1. The molecule has 0 aliphatic heterocycles. The van der Waals surface area contributed by atoms with E-state index in [1.807, 2.05) is 0 Å². The van der Waals surface area contributed by atoms with E-state index in [0.29, 0.717) is 17.6 Å². The molecular formula is C13H24O. The number of ketones is 1. The summed E-state index contributed by atoms with van der Waals surface area (Å²) >= 11 is 0. The van der Waals surface area contributed by atoms with Crippen LogP contribution in [0.5, 0.6) is 0 Å². The maximum atomic E-state index is 11.9. The van der Waals surface area contributed by atoms with Crippen LogP contribution in [-0.2, 0) is 4.79 Å². The molecule has 1 heteroatoms. The molecule has 0 unspecified atom stereocenters. The van der Waals surface area contributed by atoms with Gasteiger partial charge in [0.05, 0.1) is 0 Å². The van der Waals surface area contributed by atoms with Crippen molar-refractivity contribution < 1.29 is 4.79 Å². The third-order valence-electron chi connectivity index (χ3n) is 3.17. The summed E-state index contributed by atoms with van der Waals surface area (Å²) in [5.41, 5.74) is 0. The summed E-state index contributed by atoms with van der Waals surface area (Å²) < 4.78 is 0. The van der Waals surface area contributed by atoms with E-state index in [4.69, 9.17) is 0 Å². The summed E-state index contributed by atoms with van der Waals surface area (Å²) in [6, 6.07) is 0. The van der Waals surface area contributed by atoms with Crippen molar-refractivity contribution in [2.24, 2.45) is 11.8 Å². The highest BCUT2D eigenvalue weighted by atomic mass is 16.1. The zero-order valence-corrected chi connectivity index (χ0v) is 9.72. The molecule has 82 valence electrons. The Labute approximate surface area is 88.3 Å². The van der Waals surface area contributed by atoms with Crippen LogP contribution in [0.15, 0.2) is 0 Å². The normalized spacial score (nSPS) is 20.5. The molecule has 0 aromatic heterocycles. The fourth-order valence-electron chi connectivity index (χ4n) is 2.35. The van der Waals surface area contributed by atoms with Gasteiger partial charge in [0.2, 0.25) is 0 Å². The van der Waals surface area contributed by atoms with Crippen LogP contribution in [0.1, 0.15) is 65.2 Å². The molecule has 0 N–H and O–H groups in total. The van der Waals surface area contributed by atoms with Gasteiger partial charge in [-0.15, -0.1) is 0 Å². The SMILES string of the molecule is CC(C)CC(=O)C1CCCCCCC1. The van der Waals surface area contributed by atoms with Crippen molar-refractivity contribution in [2.45, 2.75) is 65.2 Å².